The molecule has 1 heterocycles. The summed E-state index contributed by atoms with van der Waals surface area (Å²) in [6.07, 6.45) is -1.53. The average Bonchev–Trinajstić information content (AvgIpc) is 2.70. The molecular weight excluding hydrogens is 381 g/mol. The highest BCUT2D eigenvalue weighted by Gasteiger charge is 2.18. The van der Waals surface area contributed by atoms with Gasteiger partial charge in [-0.25, -0.2) is 14.2 Å². The second-order valence-electron chi connectivity index (χ2n) is 6.00. The highest BCUT2D eigenvalue weighted by molar-refractivity contribution is 5.86. The second kappa shape index (κ2) is 8.79. The van der Waals surface area contributed by atoms with Gasteiger partial charge in [-0.05, 0) is 29.8 Å². The van der Waals surface area contributed by atoms with Crippen LogP contribution in [0.25, 0.3) is 11.4 Å². The number of carboxylic acids is 1. The summed E-state index contributed by atoms with van der Waals surface area (Å²) in [6.45, 7) is -0.0278. The number of aromatic amines is 1. The van der Waals surface area contributed by atoms with Crippen LogP contribution in [0.15, 0.2) is 59.4 Å². The van der Waals surface area contributed by atoms with Gasteiger partial charge in [-0.1, -0.05) is 30.3 Å². The number of carbonyl (C=O) groups is 2. The molecule has 148 valence electrons. The molecule has 1 aromatic heterocycles. The predicted octanol–water partition coefficient (Wildman–Crippen LogP) is 2.95. The maximum Gasteiger partial charge on any atom is 0.412 e. The predicted molar refractivity (Wildman–Crippen MR) is 102 cm³/mol. The number of carboxylic acid groups (broad SMARTS) is 1. The zero-order valence-corrected chi connectivity index (χ0v) is 15.0. The van der Waals surface area contributed by atoms with Gasteiger partial charge in [0.15, 0.2) is 0 Å². The third kappa shape index (κ3) is 5.25. The van der Waals surface area contributed by atoms with Crippen LogP contribution in [0.2, 0.25) is 0 Å². The molecule has 1 amide bonds. The first kappa shape index (κ1) is 19.7. The highest BCUT2D eigenvalue weighted by Crippen LogP contribution is 2.18. The van der Waals surface area contributed by atoms with Crippen LogP contribution in [0.5, 0.6) is 0 Å². The fourth-order valence-electron chi connectivity index (χ4n) is 2.53. The van der Waals surface area contributed by atoms with Crippen molar-refractivity contribution in [2.45, 2.75) is 13.0 Å². The number of anilines is 1. The number of amides is 1. The maximum absolute atomic E-state index is 13.1. The Bertz CT molecular complexity index is 1080. The summed E-state index contributed by atoms with van der Waals surface area (Å²) in [5, 5.41) is 11.4. The number of aromatic nitrogens is 2. The minimum Gasteiger partial charge on any atom is -0.481 e. The number of hydrogen-bond acceptors (Lipinski definition) is 5. The van der Waals surface area contributed by atoms with E-state index in [2.05, 4.69) is 15.3 Å². The number of nitrogens with zero attached hydrogens (tertiary/aromatic N) is 1. The van der Waals surface area contributed by atoms with E-state index in [0.717, 1.165) is 5.56 Å². The zero-order valence-electron chi connectivity index (χ0n) is 15.0. The third-order valence-electron chi connectivity index (χ3n) is 3.87. The summed E-state index contributed by atoms with van der Waals surface area (Å²) in [5.74, 6) is -1.66. The Hall–Kier alpha value is -4.01. The molecule has 0 saturated heterocycles. The lowest BCUT2D eigenvalue weighted by Gasteiger charge is -2.11. The van der Waals surface area contributed by atoms with Crippen LogP contribution >= 0.6 is 0 Å². The van der Waals surface area contributed by atoms with Gasteiger partial charge >= 0.3 is 12.1 Å². The molecule has 3 rings (SSSR count). The Kier molecular flexibility index (Phi) is 5.98. The number of hydrogen-bond donors (Lipinski definition) is 3. The number of halogens is 1. The van der Waals surface area contributed by atoms with Crippen LogP contribution in [-0.4, -0.2) is 27.1 Å². The normalized spacial score (nSPS) is 10.4. The topological polar surface area (TPSA) is 121 Å². The molecule has 0 bridgehead atoms. The Morgan fingerprint density at radius 3 is 2.45 bits per heavy atom. The number of H-pyrrole nitrogens is 1. The molecule has 0 aliphatic carbocycles. The molecule has 3 aromatic rings. The molecule has 0 saturated carbocycles. The smallest absolute Gasteiger partial charge is 0.412 e. The SMILES string of the molecule is O=C(O)Cc1nc(-c2ccc(F)cc2)[nH]c(=O)c1NC(=O)OCc1ccccc1. The Morgan fingerprint density at radius 1 is 1.10 bits per heavy atom. The van der Waals surface area contributed by atoms with E-state index in [1.54, 1.807) is 24.3 Å². The molecule has 29 heavy (non-hydrogen) atoms. The van der Waals surface area contributed by atoms with Gasteiger partial charge in [-0.15, -0.1) is 0 Å². The van der Waals surface area contributed by atoms with E-state index >= 15 is 0 Å². The number of aliphatic carboxylic acids is 1. The summed E-state index contributed by atoms with van der Waals surface area (Å²) in [6, 6.07) is 14.0. The average molecular weight is 397 g/mol. The van der Waals surface area contributed by atoms with E-state index in [4.69, 9.17) is 9.84 Å². The number of carbonyl (C=O) groups excluding carboxylic acids is 1. The van der Waals surface area contributed by atoms with Crippen LogP contribution < -0.4 is 10.9 Å². The van der Waals surface area contributed by atoms with Crippen molar-refractivity contribution < 1.29 is 23.8 Å². The minimum atomic E-state index is -1.24. The monoisotopic (exact) mass is 397 g/mol. The molecule has 0 atom stereocenters. The van der Waals surface area contributed by atoms with E-state index in [1.165, 1.54) is 24.3 Å². The highest BCUT2D eigenvalue weighted by atomic mass is 19.1. The Morgan fingerprint density at radius 2 is 1.79 bits per heavy atom. The van der Waals surface area contributed by atoms with Crippen molar-refractivity contribution in [2.24, 2.45) is 0 Å². The van der Waals surface area contributed by atoms with Gasteiger partial charge < -0.3 is 14.8 Å². The lowest BCUT2D eigenvalue weighted by molar-refractivity contribution is -0.136. The van der Waals surface area contributed by atoms with Gasteiger partial charge in [0.05, 0.1) is 12.1 Å². The second-order valence-corrected chi connectivity index (χ2v) is 6.00. The standard InChI is InChI=1S/C20H16FN3O5/c21-14-8-6-13(7-9-14)18-22-15(10-16(25)26)17(19(27)24-18)23-20(28)29-11-12-4-2-1-3-5-12/h1-9H,10-11H2,(H,23,28)(H,25,26)(H,22,24,27). The zero-order chi connectivity index (χ0) is 20.8. The van der Waals surface area contributed by atoms with Crippen molar-refractivity contribution in [1.82, 2.24) is 9.97 Å². The van der Waals surface area contributed by atoms with Crippen LogP contribution in [-0.2, 0) is 22.6 Å². The summed E-state index contributed by atoms with van der Waals surface area (Å²) < 4.78 is 18.2. The van der Waals surface area contributed by atoms with E-state index in [9.17, 15) is 18.8 Å². The molecule has 0 aliphatic rings. The number of nitrogens with one attached hydrogen (secondary N) is 2. The van der Waals surface area contributed by atoms with Crippen LogP contribution in [0.1, 0.15) is 11.3 Å². The van der Waals surface area contributed by atoms with E-state index < -0.39 is 29.9 Å². The molecule has 0 unspecified atom stereocenters. The number of rotatable bonds is 6. The molecule has 0 fully saturated rings. The lowest BCUT2D eigenvalue weighted by atomic mass is 10.2. The van der Waals surface area contributed by atoms with E-state index in [-0.39, 0.29) is 23.8 Å². The summed E-state index contributed by atoms with van der Waals surface area (Å²) >= 11 is 0. The van der Waals surface area contributed by atoms with Crippen molar-refractivity contribution in [1.29, 1.82) is 0 Å². The Labute approximate surface area is 164 Å². The fourth-order valence-corrected chi connectivity index (χ4v) is 2.53. The van der Waals surface area contributed by atoms with Gasteiger partial charge in [0.1, 0.15) is 23.9 Å². The Balaban J connectivity index is 1.84. The first-order valence-corrected chi connectivity index (χ1v) is 8.51. The van der Waals surface area contributed by atoms with E-state index in [1.807, 2.05) is 6.07 Å². The molecule has 0 radical (unpaired) electrons. The molecule has 8 nitrogen and oxygen atoms in total. The van der Waals surface area contributed by atoms with Gasteiger partial charge in [-0.3, -0.25) is 14.9 Å². The largest absolute Gasteiger partial charge is 0.481 e. The molecular formula is C20H16FN3O5. The van der Waals surface area contributed by atoms with Crippen LogP contribution in [0, 0.1) is 5.82 Å². The maximum atomic E-state index is 13.1. The first-order valence-electron chi connectivity index (χ1n) is 8.51. The van der Waals surface area contributed by atoms with Crippen LogP contribution in [0.4, 0.5) is 14.9 Å². The quantitative estimate of drug-likeness (QED) is 0.588. The summed E-state index contributed by atoms with van der Waals surface area (Å²) in [5.41, 5.74) is -0.110. The van der Waals surface area contributed by atoms with Crippen molar-refractivity contribution >= 4 is 17.7 Å². The van der Waals surface area contributed by atoms with E-state index in [0.29, 0.717) is 5.56 Å². The van der Waals surface area contributed by atoms with Crippen LogP contribution in [0.3, 0.4) is 0 Å². The van der Waals surface area contributed by atoms with Gasteiger partial charge in [0.2, 0.25) is 0 Å². The molecule has 9 heteroatoms. The molecule has 3 N–H and O–H groups in total. The molecule has 0 aliphatic heterocycles. The van der Waals surface area contributed by atoms with Gasteiger partial charge in [0.25, 0.3) is 5.56 Å². The van der Waals surface area contributed by atoms with Crippen molar-refractivity contribution in [3.8, 4) is 11.4 Å². The molecule has 2 aromatic carbocycles. The molecule has 0 spiro atoms. The third-order valence-corrected chi connectivity index (χ3v) is 3.87. The van der Waals surface area contributed by atoms with Gasteiger partial charge in [-0.2, -0.15) is 0 Å². The summed E-state index contributed by atoms with van der Waals surface area (Å²) in [4.78, 5) is 42.3. The minimum absolute atomic E-state index is 0.0278. The first-order chi connectivity index (χ1) is 13.9. The van der Waals surface area contributed by atoms with Crippen molar-refractivity contribution in [3.63, 3.8) is 0 Å². The number of benzene rings is 2. The van der Waals surface area contributed by atoms with Gasteiger partial charge in [0, 0.05) is 5.56 Å². The fraction of sp³-hybridized carbons (Fsp3) is 0.100. The van der Waals surface area contributed by atoms with Crippen molar-refractivity contribution in [2.75, 3.05) is 5.32 Å². The number of ether oxygens (including phenoxy) is 1. The summed E-state index contributed by atoms with van der Waals surface area (Å²) in [7, 11) is 0. The lowest BCUT2D eigenvalue weighted by Crippen LogP contribution is -2.25. The van der Waals surface area contributed by atoms with Crippen molar-refractivity contribution in [3.05, 3.63) is 82.0 Å².